The second kappa shape index (κ2) is 6.27. The van der Waals surface area contributed by atoms with Crippen molar-refractivity contribution in [2.75, 3.05) is 26.1 Å². The fourth-order valence-electron chi connectivity index (χ4n) is 3.00. The maximum atomic E-state index is 12.4. The Bertz CT molecular complexity index is 662. The SMILES string of the molecule is CCOCC1(C#N)C(c2ccc(OC)cc2)C1S(=O)(=O)CC. The summed E-state index contributed by atoms with van der Waals surface area (Å²) in [5.74, 6) is 0.381. The van der Waals surface area contributed by atoms with Crippen LogP contribution < -0.4 is 4.74 Å². The monoisotopic (exact) mass is 323 g/mol. The summed E-state index contributed by atoms with van der Waals surface area (Å²) in [6.07, 6.45) is 0. The average Bonchev–Trinajstić information content (AvgIpc) is 3.23. The largest absolute Gasteiger partial charge is 0.497 e. The number of hydrogen-bond donors (Lipinski definition) is 0. The van der Waals surface area contributed by atoms with Crippen molar-refractivity contribution in [1.82, 2.24) is 0 Å². The van der Waals surface area contributed by atoms with Crippen molar-refractivity contribution in [3.63, 3.8) is 0 Å². The molecule has 1 aliphatic rings. The number of rotatable bonds is 7. The fraction of sp³-hybridized carbons (Fsp3) is 0.562. The Morgan fingerprint density at radius 3 is 2.36 bits per heavy atom. The molecule has 2 rings (SSSR count). The van der Waals surface area contributed by atoms with Gasteiger partial charge < -0.3 is 9.47 Å². The molecule has 1 fully saturated rings. The van der Waals surface area contributed by atoms with Crippen molar-refractivity contribution < 1.29 is 17.9 Å². The van der Waals surface area contributed by atoms with Gasteiger partial charge in [-0.1, -0.05) is 19.1 Å². The van der Waals surface area contributed by atoms with E-state index in [2.05, 4.69) is 6.07 Å². The molecule has 3 atom stereocenters. The van der Waals surface area contributed by atoms with Gasteiger partial charge in [-0.05, 0) is 24.6 Å². The van der Waals surface area contributed by atoms with Crippen LogP contribution in [0.1, 0.15) is 25.3 Å². The summed E-state index contributed by atoms with van der Waals surface area (Å²) >= 11 is 0. The molecule has 1 aliphatic carbocycles. The zero-order valence-corrected chi connectivity index (χ0v) is 13.9. The Hall–Kier alpha value is -1.58. The van der Waals surface area contributed by atoms with Crippen LogP contribution >= 0.6 is 0 Å². The summed E-state index contributed by atoms with van der Waals surface area (Å²) in [4.78, 5) is 0. The number of ether oxygens (including phenoxy) is 2. The molecule has 0 aromatic heterocycles. The van der Waals surface area contributed by atoms with Crippen LogP contribution in [-0.2, 0) is 14.6 Å². The summed E-state index contributed by atoms with van der Waals surface area (Å²) in [6, 6.07) is 9.44. The van der Waals surface area contributed by atoms with Crippen LogP contribution in [0, 0.1) is 16.7 Å². The van der Waals surface area contributed by atoms with E-state index in [1.165, 1.54) is 0 Å². The summed E-state index contributed by atoms with van der Waals surface area (Å²) in [5.41, 5.74) is -0.150. The highest BCUT2D eigenvalue weighted by atomic mass is 32.2. The average molecular weight is 323 g/mol. The van der Waals surface area contributed by atoms with Crippen LogP contribution in [0.2, 0.25) is 0 Å². The Balaban J connectivity index is 2.40. The van der Waals surface area contributed by atoms with Crippen LogP contribution in [0.15, 0.2) is 24.3 Å². The lowest BCUT2D eigenvalue weighted by Gasteiger charge is -2.09. The zero-order valence-electron chi connectivity index (χ0n) is 13.1. The molecule has 6 heteroatoms. The van der Waals surface area contributed by atoms with Gasteiger partial charge in [-0.25, -0.2) is 8.42 Å². The van der Waals surface area contributed by atoms with Crippen molar-refractivity contribution in [2.24, 2.45) is 5.41 Å². The molecule has 0 amide bonds. The van der Waals surface area contributed by atoms with E-state index in [9.17, 15) is 13.7 Å². The normalized spacial score (nSPS) is 27.2. The lowest BCUT2D eigenvalue weighted by atomic mass is 10.0. The minimum absolute atomic E-state index is 0.0277. The molecule has 0 bridgehead atoms. The Kier molecular flexibility index (Phi) is 4.78. The number of benzene rings is 1. The van der Waals surface area contributed by atoms with Gasteiger partial charge in [0.2, 0.25) is 0 Å². The maximum absolute atomic E-state index is 12.4. The Labute approximate surface area is 131 Å². The summed E-state index contributed by atoms with van der Waals surface area (Å²) < 4.78 is 35.3. The molecule has 3 unspecified atom stereocenters. The molecule has 0 N–H and O–H groups in total. The minimum atomic E-state index is -3.32. The maximum Gasteiger partial charge on any atom is 0.155 e. The molecule has 0 aliphatic heterocycles. The predicted octanol–water partition coefficient (Wildman–Crippen LogP) is 2.14. The van der Waals surface area contributed by atoms with E-state index in [4.69, 9.17) is 9.47 Å². The third-order valence-electron chi connectivity index (χ3n) is 4.27. The molecular weight excluding hydrogens is 302 g/mol. The standard InChI is InChI=1S/C16H21NO4S/c1-4-21-11-16(10-17)14(15(16)22(18,19)5-2)12-6-8-13(20-3)9-7-12/h6-9,14-15H,4-5,11H2,1-3H3. The lowest BCUT2D eigenvalue weighted by molar-refractivity contribution is 0.117. The molecular formula is C16H21NO4S. The highest BCUT2D eigenvalue weighted by Gasteiger charge is 2.71. The van der Waals surface area contributed by atoms with Gasteiger partial charge in [0, 0.05) is 18.3 Å². The first kappa shape index (κ1) is 16.8. The van der Waals surface area contributed by atoms with E-state index >= 15 is 0 Å². The van der Waals surface area contributed by atoms with E-state index in [-0.39, 0.29) is 18.3 Å². The minimum Gasteiger partial charge on any atom is -0.497 e. The molecule has 1 saturated carbocycles. The third kappa shape index (κ3) is 2.71. The number of nitriles is 1. The van der Waals surface area contributed by atoms with E-state index in [1.54, 1.807) is 26.2 Å². The molecule has 120 valence electrons. The highest BCUT2D eigenvalue weighted by molar-refractivity contribution is 7.92. The number of nitrogens with zero attached hydrogens (tertiary/aromatic N) is 1. The highest BCUT2D eigenvalue weighted by Crippen LogP contribution is 2.63. The van der Waals surface area contributed by atoms with Gasteiger partial charge in [-0.3, -0.25) is 0 Å². The number of sulfone groups is 1. The van der Waals surface area contributed by atoms with Crippen LogP contribution in [0.5, 0.6) is 5.75 Å². The fourth-order valence-corrected chi connectivity index (χ4v) is 5.01. The van der Waals surface area contributed by atoms with Crippen LogP contribution in [0.3, 0.4) is 0 Å². The molecule has 1 aromatic rings. The van der Waals surface area contributed by atoms with E-state index in [0.717, 1.165) is 5.56 Å². The van der Waals surface area contributed by atoms with Crippen molar-refractivity contribution in [1.29, 1.82) is 5.26 Å². The Morgan fingerprint density at radius 2 is 1.91 bits per heavy atom. The topological polar surface area (TPSA) is 76.4 Å². The second-order valence-corrected chi connectivity index (χ2v) is 7.82. The predicted molar refractivity (Wildman–Crippen MR) is 83.5 cm³/mol. The van der Waals surface area contributed by atoms with E-state index < -0.39 is 20.5 Å². The summed E-state index contributed by atoms with van der Waals surface area (Å²) in [6.45, 7) is 4.04. The van der Waals surface area contributed by atoms with E-state index in [1.807, 2.05) is 19.1 Å². The quantitative estimate of drug-likeness (QED) is 0.768. The molecule has 0 heterocycles. The van der Waals surface area contributed by atoms with Crippen molar-refractivity contribution in [2.45, 2.75) is 25.0 Å². The van der Waals surface area contributed by atoms with Gasteiger partial charge in [-0.15, -0.1) is 0 Å². The van der Waals surface area contributed by atoms with Crippen molar-refractivity contribution >= 4 is 9.84 Å². The summed E-state index contributed by atoms with van der Waals surface area (Å²) in [5, 5.41) is 8.93. The Morgan fingerprint density at radius 1 is 1.27 bits per heavy atom. The molecule has 0 saturated heterocycles. The molecule has 1 aromatic carbocycles. The second-order valence-electron chi connectivity index (χ2n) is 5.41. The first-order valence-electron chi connectivity index (χ1n) is 7.31. The van der Waals surface area contributed by atoms with Crippen molar-refractivity contribution in [3.8, 4) is 11.8 Å². The first-order valence-corrected chi connectivity index (χ1v) is 9.02. The van der Waals surface area contributed by atoms with Gasteiger partial charge in [0.25, 0.3) is 0 Å². The van der Waals surface area contributed by atoms with E-state index in [0.29, 0.717) is 12.4 Å². The molecule has 0 spiro atoms. The molecule has 5 nitrogen and oxygen atoms in total. The van der Waals surface area contributed by atoms with Gasteiger partial charge in [0.1, 0.15) is 11.2 Å². The van der Waals surface area contributed by atoms with Crippen LogP contribution in [0.25, 0.3) is 0 Å². The zero-order chi connectivity index (χ0) is 16.4. The first-order chi connectivity index (χ1) is 10.5. The van der Waals surface area contributed by atoms with Gasteiger partial charge >= 0.3 is 0 Å². The summed E-state index contributed by atoms with van der Waals surface area (Å²) in [7, 11) is -1.75. The number of hydrogen-bond acceptors (Lipinski definition) is 5. The third-order valence-corrected chi connectivity index (χ3v) is 6.54. The number of methoxy groups -OCH3 is 1. The van der Waals surface area contributed by atoms with Crippen molar-refractivity contribution in [3.05, 3.63) is 29.8 Å². The molecule has 22 heavy (non-hydrogen) atoms. The smallest absolute Gasteiger partial charge is 0.155 e. The van der Waals surface area contributed by atoms with Crippen LogP contribution in [-0.4, -0.2) is 39.7 Å². The van der Waals surface area contributed by atoms with Gasteiger partial charge in [0.05, 0.1) is 25.0 Å². The van der Waals surface area contributed by atoms with Gasteiger partial charge in [0.15, 0.2) is 9.84 Å². The lowest BCUT2D eigenvalue weighted by Crippen LogP contribution is -2.20. The van der Waals surface area contributed by atoms with Gasteiger partial charge in [-0.2, -0.15) is 5.26 Å². The van der Waals surface area contributed by atoms with Crippen LogP contribution in [0.4, 0.5) is 0 Å². The molecule has 0 radical (unpaired) electrons.